The average Bonchev–Trinajstić information content (AvgIpc) is 2.38. The van der Waals surface area contributed by atoms with Gasteiger partial charge in [0.25, 0.3) is 11.6 Å². The van der Waals surface area contributed by atoms with E-state index in [9.17, 15) is 14.9 Å². The summed E-state index contributed by atoms with van der Waals surface area (Å²) in [5, 5.41) is 13.3. The van der Waals surface area contributed by atoms with E-state index in [4.69, 9.17) is 5.73 Å². The van der Waals surface area contributed by atoms with E-state index in [2.05, 4.69) is 10.3 Å². The number of hydrogen-bond acceptors (Lipinski definition) is 5. The molecule has 1 aromatic carbocycles. The van der Waals surface area contributed by atoms with Gasteiger partial charge in [-0.1, -0.05) is 0 Å². The van der Waals surface area contributed by atoms with Crippen LogP contribution in [0.3, 0.4) is 0 Å². The number of nitrogens with zero attached hydrogens (tertiary/aromatic N) is 2. The maximum atomic E-state index is 12.0. The zero-order valence-corrected chi connectivity index (χ0v) is 10.7. The van der Waals surface area contributed by atoms with Crippen LogP contribution in [0, 0.1) is 17.0 Å². The van der Waals surface area contributed by atoms with Gasteiger partial charge in [0.2, 0.25) is 0 Å². The number of aryl methyl sites for hydroxylation is 1. The van der Waals surface area contributed by atoms with Gasteiger partial charge in [-0.15, -0.1) is 0 Å². The van der Waals surface area contributed by atoms with Gasteiger partial charge in [0.15, 0.2) is 0 Å². The normalized spacial score (nSPS) is 10.1. The maximum Gasteiger partial charge on any atom is 0.272 e. The number of aromatic nitrogens is 1. The van der Waals surface area contributed by atoms with E-state index in [1.807, 2.05) is 0 Å². The minimum Gasteiger partial charge on any atom is -0.398 e. The molecule has 2 rings (SSSR count). The van der Waals surface area contributed by atoms with Crippen molar-refractivity contribution >= 4 is 23.0 Å². The maximum absolute atomic E-state index is 12.0. The van der Waals surface area contributed by atoms with Gasteiger partial charge in [0.1, 0.15) is 0 Å². The van der Waals surface area contributed by atoms with Gasteiger partial charge in [0, 0.05) is 35.4 Å². The molecule has 1 heterocycles. The lowest BCUT2D eigenvalue weighted by molar-refractivity contribution is -0.385. The van der Waals surface area contributed by atoms with Crippen molar-refractivity contribution in [3.63, 3.8) is 0 Å². The van der Waals surface area contributed by atoms with Gasteiger partial charge < -0.3 is 11.1 Å². The number of nitro benzene ring substituents is 1. The predicted octanol–water partition coefficient (Wildman–Crippen LogP) is 2.13. The summed E-state index contributed by atoms with van der Waals surface area (Å²) in [5.74, 6) is -0.413. The molecule has 7 heteroatoms. The third-order valence-electron chi connectivity index (χ3n) is 2.75. The fourth-order valence-electron chi connectivity index (χ4n) is 1.73. The van der Waals surface area contributed by atoms with Crippen molar-refractivity contribution in [3.8, 4) is 0 Å². The molecular weight excluding hydrogens is 260 g/mol. The summed E-state index contributed by atoms with van der Waals surface area (Å²) >= 11 is 0. The summed E-state index contributed by atoms with van der Waals surface area (Å²) < 4.78 is 0. The van der Waals surface area contributed by atoms with Gasteiger partial charge in [-0.2, -0.15) is 0 Å². The highest BCUT2D eigenvalue weighted by Crippen LogP contribution is 2.22. The number of nitrogens with two attached hydrogens (primary N) is 1. The number of benzene rings is 1. The molecule has 20 heavy (non-hydrogen) atoms. The molecule has 1 amide bonds. The Morgan fingerprint density at radius 1 is 1.40 bits per heavy atom. The Hall–Kier alpha value is -2.96. The van der Waals surface area contributed by atoms with E-state index in [1.54, 1.807) is 6.92 Å². The first-order valence-electron chi connectivity index (χ1n) is 5.75. The van der Waals surface area contributed by atoms with Gasteiger partial charge in [0.05, 0.1) is 10.5 Å². The first-order chi connectivity index (χ1) is 9.49. The number of nitro groups is 1. The van der Waals surface area contributed by atoms with Crippen LogP contribution in [0.25, 0.3) is 0 Å². The van der Waals surface area contributed by atoms with Crippen LogP contribution in [0.4, 0.5) is 17.1 Å². The Morgan fingerprint density at radius 2 is 2.15 bits per heavy atom. The Labute approximate surface area is 114 Å². The molecule has 0 aliphatic carbocycles. The Kier molecular flexibility index (Phi) is 3.60. The van der Waals surface area contributed by atoms with Crippen LogP contribution < -0.4 is 11.1 Å². The van der Waals surface area contributed by atoms with Crippen molar-refractivity contribution in [2.45, 2.75) is 6.92 Å². The van der Waals surface area contributed by atoms with Gasteiger partial charge >= 0.3 is 0 Å². The van der Waals surface area contributed by atoms with Crippen molar-refractivity contribution in [3.05, 3.63) is 57.9 Å². The molecule has 0 atom stereocenters. The number of nitrogen functional groups attached to an aromatic ring is 1. The molecule has 102 valence electrons. The van der Waals surface area contributed by atoms with Crippen LogP contribution in [0.1, 0.15) is 15.9 Å². The van der Waals surface area contributed by atoms with E-state index >= 15 is 0 Å². The molecule has 0 fully saturated rings. The minimum absolute atomic E-state index is 0.00360. The fraction of sp³-hybridized carbons (Fsp3) is 0.0769. The lowest BCUT2D eigenvalue weighted by Gasteiger charge is -2.07. The molecule has 0 spiro atoms. The number of carbonyl (C=O) groups excluding carboxylic acids is 1. The third kappa shape index (κ3) is 2.72. The van der Waals surface area contributed by atoms with Crippen LogP contribution in [0.15, 0.2) is 36.7 Å². The summed E-state index contributed by atoms with van der Waals surface area (Å²) in [4.78, 5) is 26.1. The van der Waals surface area contributed by atoms with Crippen molar-refractivity contribution in [2.75, 3.05) is 11.1 Å². The summed E-state index contributed by atoms with van der Waals surface area (Å²) in [7, 11) is 0. The van der Waals surface area contributed by atoms with Crippen molar-refractivity contribution in [1.29, 1.82) is 0 Å². The molecule has 0 aliphatic rings. The lowest BCUT2D eigenvalue weighted by atomic mass is 10.1. The number of hydrogen-bond donors (Lipinski definition) is 2. The molecule has 7 nitrogen and oxygen atoms in total. The molecule has 0 saturated heterocycles. The highest BCUT2D eigenvalue weighted by atomic mass is 16.6. The Balaban J connectivity index is 2.23. The van der Waals surface area contributed by atoms with E-state index in [0.717, 1.165) is 0 Å². The van der Waals surface area contributed by atoms with Gasteiger partial charge in [-0.05, 0) is 25.1 Å². The molecule has 0 radical (unpaired) electrons. The number of anilines is 2. The molecule has 1 aromatic heterocycles. The van der Waals surface area contributed by atoms with Gasteiger partial charge in [-0.25, -0.2) is 0 Å². The van der Waals surface area contributed by atoms with Crippen LogP contribution in [-0.4, -0.2) is 15.8 Å². The van der Waals surface area contributed by atoms with E-state index in [-0.39, 0.29) is 11.3 Å². The molecule has 3 N–H and O–H groups in total. The Bertz CT molecular complexity index is 685. The van der Waals surface area contributed by atoms with Crippen molar-refractivity contribution in [2.24, 2.45) is 0 Å². The highest BCUT2D eigenvalue weighted by Gasteiger charge is 2.13. The topological polar surface area (TPSA) is 111 Å². The van der Waals surface area contributed by atoms with Crippen LogP contribution in [0.5, 0.6) is 0 Å². The van der Waals surface area contributed by atoms with Crippen molar-refractivity contribution in [1.82, 2.24) is 4.98 Å². The van der Waals surface area contributed by atoms with E-state index < -0.39 is 10.8 Å². The predicted molar refractivity (Wildman–Crippen MR) is 74.4 cm³/mol. The summed E-state index contributed by atoms with van der Waals surface area (Å²) in [6.07, 6.45) is 2.85. The zero-order chi connectivity index (χ0) is 14.7. The fourth-order valence-corrected chi connectivity index (χ4v) is 1.73. The molecule has 2 aromatic rings. The number of rotatable bonds is 3. The quantitative estimate of drug-likeness (QED) is 0.656. The largest absolute Gasteiger partial charge is 0.398 e. The zero-order valence-electron chi connectivity index (χ0n) is 10.7. The van der Waals surface area contributed by atoms with E-state index in [1.165, 1.54) is 36.7 Å². The highest BCUT2D eigenvalue weighted by molar-refractivity contribution is 6.07. The second-order valence-corrected chi connectivity index (χ2v) is 4.18. The number of pyridine rings is 1. The lowest BCUT2D eigenvalue weighted by Crippen LogP contribution is -2.14. The summed E-state index contributed by atoms with van der Waals surface area (Å²) in [5.41, 5.74) is 7.18. The SMILES string of the molecule is Cc1cc(NC(=O)c2cnccc2N)ccc1[N+](=O)[O-]. The first kappa shape index (κ1) is 13.5. The second-order valence-electron chi connectivity index (χ2n) is 4.18. The minimum atomic E-state index is -0.472. The third-order valence-corrected chi connectivity index (χ3v) is 2.75. The first-order valence-corrected chi connectivity index (χ1v) is 5.75. The summed E-state index contributed by atoms with van der Waals surface area (Å²) in [6.45, 7) is 1.60. The molecule has 0 unspecified atom stereocenters. The van der Waals surface area contributed by atoms with E-state index in [0.29, 0.717) is 16.9 Å². The van der Waals surface area contributed by atoms with Gasteiger partial charge in [-0.3, -0.25) is 19.9 Å². The van der Waals surface area contributed by atoms with Crippen LogP contribution in [-0.2, 0) is 0 Å². The smallest absolute Gasteiger partial charge is 0.272 e. The summed E-state index contributed by atoms with van der Waals surface area (Å²) in [6, 6.07) is 5.87. The average molecular weight is 272 g/mol. The number of carbonyl (C=O) groups is 1. The Morgan fingerprint density at radius 3 is 2.75 bits per heavy atom. The molecule has 0 bridgehead atoms. The van der Waals surface area contributed by atoms with Crippen LogP contribution in [0.2, 0.25) is 0 Å². The molecular formula is C13H12N4O3. The van der Waals surface area contributed by atoms with Crippen LogP contribution >= 0.6 is 0 Å². The molecule has 0 saturated carbocycles. The molecule has 0 aliphatic heterocycles. The van der Waals surface area contributed by atoms with Crippen molar-refractivity contribution < 1.29 is 9.72 Å². The number of amides is 1. The standard InChI is InChI=1S/C13H12N4O3/c1-8-6-9(2-3-12(8)17(19)20)16-13(18)10-7-15-5-4-11(10)14/h2-7H,1H3,(H2,14,15)(H,16,18). The number of nitrogens with one attached hydrogen (secondary N) is 1. The monoisotopic (exact) mass is 272 g/mol. The second kappa shape index (κ2) is 5.35.